The standard InChI is InChI=1S/C17H13ClF3N3O2/c18-13-7-5-11(6-8-13)9-22-15(25)16(26)24-23-10-12-3-1-2-4-14(12)17(19,20)21/h1-8,10H,9H2,(H,22,25)(H,24,26). The Morgan fingerprint density at radius 2 is 1.69 bits per heavy atom. The minimum atomic E-state index is -4.55. The van der Waals surface area contributed by atoms with E-state index in [0.29, 0.717) is 5.02 Å². The zero-order valence-corrected chi connectivity index (χ0v) is 13.9. The van der Waals surface area contributed by atoms with Gasteiger partial charge < -0.3 is 5.32 Å². The van der Waals surface area contributed by atoms with Gasteiger partial charge in [0, 0.05) is 17.1 Å². The maximum absolute atomic E-state index is 12.8. The third-order valence-electron chi connectivity index (χ3n) is 3.21. The minimum Gasteiger partial charge on any atom is -0.344 e. The van der Waals surface area contributed by atoms with Crippen LogP contribution < -0.4 is 10.7 Å². The smallest absolute Gasteiger partial charge is 0.344 e. The van der Waals surface area contributed by atoms with Gasteiger partial charge in [-0.3, -0.25) is 9.59 Å². The summed E-state index contributed by atoms with van der Waals surface area (Å²) in [6.07, 6.45) is -3.73. The maximum Gasteiger partial charge on any atom is 0.417 e. The summed E-state index contributed by atoms with van der Waals surface area (Å²) in [6.45, 7) is 0.0873. The Hall–Kier alpha value is -2.87. The summed E-state index contributed by atoms with van der Waals surface area (Å²) in [4.78, 5) is 23.3. The number of amides is 2. The molecule has 0 fully saturated rings. The van der Waals surface area contributed by atoms with Crippen molar-refractivity contribution in [1.29, 1.82) is 0 Å². The van der Waals surface area contributed by atoms with Crippen molar-refractivity contribution >= 4 is 29.6 Å². The van der Waals surface area contributed by atoms with Gasteiger partial charge >= 0.3 is 18.0 Å². The molecule has 136 valence electrons. The molecule has 0 aliphatic heterocycles. The largest absolute Gasteiger partial charge is 0.417 e. The topological polar surface area (TPSA) is 70.6 Å². The summed E-state index contributed by atoms with van der Waals surface area (Å²) in [7, 11) is 0. The van der Waals surface area contributed by atoms with Crippen LogP contribution in [0.5, 0.6) is 0 Å². The number of halogens is 4. The first kappa shape index (κ1) is 19.5. The third-order valence-corrected chi connectivity index (χ3v) is 3.46. The van der Waals surface area contributed by atoms with Crippen molar-refractivity contribution in [2.75, 3.05) is 0 Å². The summed E-state index contributed by atoms with van der Waals surface area (Å²) in [5.41, 5.74) is 1.47. The predicted molar refractivity (Wildman–Crippen MR) is 90.5 cm³/mol. The molecule has 0 saturated carbocycles. The average molecular weight is 384 g/mol. The average Bonchev–Trinajstić information content (AvgIpc) is 2.60. The lowest BCUT2D eigenvalue weighted by atomic mass is 10.1. The second kappa shape index (κ2) is 8.48. The molecule has 2 N–H and O–H groups in total. The molecule has 9 heteroatoms. The molecule has 0 bridgehead atoms. The highest BCUT2D eigenvalue weighted by Crippen LogP contribution is 2.30. The Morgan fingerprint density at radius 3 is 2.35 bits per heavy atom. The Morgan fingerprint density at radius 1 is 1.04 bits per heavy atom. The number of hydrogen-bond acceptors (Lipinski definition) is 3. The predicted octanol–water partition coefficient (Wildman–Crippen LogP) is 3.13. The Balaban J connectivity index is 1.91. The first-order valence-electron chi connectivity index (χ1n) is 7.29. The summed E-state index contributed by atoms with van der Waals surface area (Å²) in [6, 6.07) is 11.3. The number of alkyl halides is 3. The first-order valence-corrected chi connectivity index (χ1v) is 7.67. The van der Waals surface area contributed by atoms with E-state index in [-0.39, 0.29) is 12.1 Å². The van der Waals surface area contributed by atoms with Gasteiger partial charge in [-0.05, 0) is 23.8 Å². The van der Waals surface area contributed by atoms with E-state index in [9.17, 15) is 22.8 Å². The Bertz CT molecular complexity index is 821. The van der Waals surface area contributed by atoms with Gasteiger partial charge in [-0.1, -0.05) is 41.9 Å². The fraction of sp³-hybridized carbons (Fsp3) is 0.118. The van der Waals surface area contributed by atoms with Crippen LogP contribution in [0.4, 0.5) is 13.2 Å². The molecule has 0 heterocycles. The molecule has 0 spiro atoms. The van der Waals surface area contributed by atoms with Crippen LogP contribution in [0.25, 0.3) is 0 Å². The molecule has 0 aliphatic rings. The van der Waals surface area contributed by atoms with E-state index >= 15 is 0 Å². The fourth-order valence-electron chi connectivity index (χ4n) is 1.94. The molecule has 0 aliphatic carbocycles. The summed E-state index contributed by atoms with van der Waals surface area (Å²) >= 11 is 5.73. The summed E-state index contributed by atoms with van der Waals surface area (Å²) in [5, 5.41) is 6.29. The van der Waals surface area contributed by atoms with Gasteiger partial charge in [-0.25, -0.2) is 5.43 Å². The summed E-state index contributed by atoms with van der Waals surface area (Å²) < 4.78 is 38.5. The quantitative estimate of drug-likeness (QED) is 0.484. The normalized spacial score (nSPS) is 11.4. The van der Waals surface area contributed by atoms with Crippen LogP contribution in [-0.4, -0.2) is 18.0 Å². The van der Waals surface area contributed by atoms with Gasteiger partial charge in [-0.15, -0.1) is 0 Å². The van der Waals surface area contributed by atoms with Crippen LogP contribution >= 0.6 is 11.6 Å². The summed E-state index contributed by atoms with van der Waals surface area (Å²) in [5.74, 6) is -2.07. The first-order chi connectivity index (χ1) is 12.3. The molecule has 2 aromatic carbocycles. The number of hydrazone groups is 1. The van der Waals surface area contributed by atoms with Gasteiger partial charge in [0.15, 0.2) is 0 Å². The molecular weight excluding hydrogens is 371 g/mol. The van der Waals surface area contributed by atoms with Gasteiger partial charge in [0.25, 0.3) is 0 Å². The molecule has 0 saturated heterocycles. The van der Waals surface area contributed by atoms with Crippen LogP contribution in [0.15, 0.2) is 53.6 Å². The molecule has 0 unspecified atom stereocenters. The van der Waals surface area contributed by atoms with Crippen LogP contribution in [0.1, 0.15) is 16.7 Å². The number of nitrogens with zero attached hydrogens (tertiary/aromatic N) is 1. The SMILES string of the molecule is O=C(NCc1ccc(Cl)cc1)C(=O)NN=Cc1ccccc1C(F)(F)F. The highest BCUT2D eigenvalue weighted by atomic mass is 35.5. The van der Waals surface area contributed by atoms with Crippen LogP contribution in [-0.2, 0) is 22.3 Å². The van der Waals surface area contributed by atoms with Crippen molar-refractivity contribution < 1.29 is 22.8 Å². The van der Waals surface area contributed by atoms with E-state index in [4.69, 9.17) is 11.6 Å². The lowest BCUT2D eigenvalue weighted by molar-refractivity contribution is -0.139. The molecule has 0 radical (unpaired) electrons. The zero-order chi connectivity index (χ0) is 19.2. The van der Waals surface area contributed by atoms with Crippen LogP contribution in [0.2, 0.25) is 5.02 Å². The van der Waals surface area contributed by atoms with Gasteiger partial charge in [-0.2, -0.15) is 18.3 Å². The second-order valence-electron chi connectivity index (χ2n) is 5.09. The van der Waals surface area contributed by atoms with Gasteiger partial charge in [0.05, 0.1) is 11.8 Å². The monoisotopic (exact) mass is 383 g/mol. The Labute approximate surface area is 151 Å². The number of hydrogen-bond donors (Lipinski definition) is 2. The molecule has 26 heavy (non-hydrogen) atoms. The number of carbonyl (C=O) groups is 2. The van der Waals surface area contributed by atoms with E-state index in [0.717, 1.165) is 17.8 Å². The van der Waals surface area contributed by atoms with Crippen molar-refractivity contribution in [3.8, 4) is 0 Å². The molecular formula is C17H13ClF3N3O2. The minimum absolute atomic E-state index is 0.0873. The third kappa shape index (κ3) is 5.59. The highest BCUT2D eigenvalue weighted by Gasteiger charge is 2.32. The van der Waals surface area contributed by atoms with E-state index in [1.54, 1.807) is 24.3 Å². The number of rotatable bonds is 4. The highest BCUT2D eigenvalue weighted by molar-refractivity contribution is 6.35. The van der Waals surface area contributed by atoms with Crippen molar-refractivity contribution in [1.82, 2.24) is 10.7 Å². The van der Waals surface area contributed by atoms with Crippen LogP contribution in [0.3, 0.4) is 0 Å². The lowest BCUT2D eigenvalue weighted by Crippen LogP contribution is -2.37. The zero-order valence-electron chi connectivity index (χ0n) is 13.2. The lowest BCUT2D eigenvalue weighted by Gasteiger charge is -2.09. The van der Waals surface area contributed by atoms with E-state index in [1.807, 2.05) is 5.43 Å². The Kier molecular flexibility index (Phi) is 6.35. The number of carbonyl (C=O) groups excluding carboxylic acids is 2. The van der Waals surface area contributed by atoms with Crippen molar-refractivity contribution in [3.63, 3.8) is 0 Å². The molecule has 5 nitrogen and oxygen atoms in total. The van der Waals surface area contributed by atoms with Gasteiger partial charge in [0.1, 0.15) is 0 Å². The molecule has 2 aromatic rings. The van der Waals surface area contributed by atoms with Crippen LogP contribution in [0, 0.1) is 0 Å². The molecule has 2 rings (SSSR count). The molecule has 0 atom stereocenters. The van der Waals surface area contributed by atoms with Gasteiger partial charge in [0.2, 0.25) is 0 Å². The second-order valence-corrected chi connectivity index (χ2v) is 5.53. The number of benzene rings is 2. The van der Waals surface area contributed by atoms with Crippen molar-refractivity contribution in [2.45, 2.75) is 12.7 Å². The molecule has 2 amide bonds. The molecule has 0 aromatic heterocycles. The van der Waals surface area contributed by atoms with E-state index in [2.05, 4.69) is 10.4 Å². The van der Waals surface area contributed by atoms with Crippen molar-refractivity contribution in [3.05, 3.63) is 70.2 Å². The van der Waals surface area contributed by atoms with Crippen molar-refractivity contribution in [2.24, 2.45) is 5.10 Å². The number of nitrogens with one attached hydrogen (secondary N) is 2. The maximum atomic E-state index is 12.8. The fourth-order valence-corrected chi connectivity index (χ4v) is 2.07. The van der Waals surface area contributed by atoms with E-state index in [1.165, 1.54) is 18.2 Å². The van der Waals surface area contributed by atoms with E-state index < -0.39 is 23.6 Å².